The summed E-state index contributed by atoms with van der Waals surface area (Å²) in [5, 5.41) is 4.07. The lowest BCUT2D eigenvalue weighted by atomic mass is 10.2. The number of ether oxygens (including phenoxy) is 2. The van der Waals surface area contributed by atoms with Crippen LogP contribution in [0.15, 0.2) is 47.6 Å². The largest absolute Gasteiger partial charge is 0.493 e. The number of amides is 1. The molecule has 0 aliphatic carbocycles. The summed E-state index contributed by atoms with van der Waals surface area (Å²) in [4.78, 5) is 12.2. The molecule has 1 N–H and O–H groups in total. The van der Waals surface area contributed by atoms with Gasteiger partial charge in [0.05, 0.1) is 25.0 Å². The Morgan fingerprint density at radius 2 is 1.85 bits per heavy atom. The molecule has 1 amide bonds. The highest BCUT2D eigenvalue weighted by Gasteiger charge is 2.08. The van der Waals surface area contributed by atoms with Gasteiger partial charge in [-0.3, -0.25) is 4.79 Å². The highest BCUT2D eigenvalue weighted by molar-refractivity contribution is 14.1. The van der Waals surface area contributed by atoms with Gasteiger partial charge in [-0.2, -0.15) is 5.10 Å². The summed E-state index contributed by atoms with van der Waals surface area (Å²) in [7, 11) is 0. The highest BCUT2D eigenvalue weighted by Crippen LogP contribution is 2.24. The number of benzene rings is 2. The predicted molar refractivity (Wildman–Crippen MR) is 112 cm³/mol. The molecule has 26 heavy (non-hydrogen) atoms. The van der Waals surface area contributed by atoms with Crippen LogP contribution in [0.25, 0.3) is 0 Å². The zero-order chi connectivity index (χ0) is 18.8. The molecule has 0 heterocycles. The Morgan fingerprint density at radius 3 is 2.58 bits per heavy atom. The maximum absolute atomic E-state index is 12.2. The molecule has 6 heteroatoms. The average molecular weight is 466 g/mol. The minimum atomic E-state index is -0.245. The van der Waals surface area contributed by atoms with Gasteiger partial charge in [-0.25, -0.2) is 5.43 Å². The molecule has 2 aromatic rings. The van der Waals surface area contributed by atoms with Gasteiger partial charge in [-0.05, 0) is 59.7 Å². The van der Waals surface area contributed by atoms with E-state index in [1.807, 2.05) is 43.3 Å². The second kappa shape index (κ2) is 10.8. The van der Waals surface area contributed by atoms with Crippen LogP contribution in [0.5, 0.6) is 11.5 Å². The fourth-order valence-corrected chi connectivity index (χ4v) is 2.77. The Balaban J connectivity index is 2.09. The molecule has 0 bridgehead atoms. The molecular formula is C20H23IN2O3. The Labute approximate surface area is 167 Å². The molecule has 0 atom stereocenters. The van der Waals surface area contributed by atoms with Crippen LogP contribution in [0.1, 0.15) is 42.6 Å². The molecule has 0 saturated heterocycles. The van der Waals surface area contributed by atoms with Gasteiger partial charge in [-0.15, -0.1) is 0 Å². The van der Waals surface area contributed by atoms with E-state index in [1.165, 1.54) is 0 Å². The van der Waals surface area contributed by atoms with Gasteiger partial charge in [0.1, 0.15) is 11.5 Å². The summed E-state index contributed by atoms with van der Waals surface area (Å²) in [6, 6.07) is 13.0. The van der Waals surface area contributed by atoms with Crippen molar-refractivity contribution in [1.82, 2.24) is 5.43 Å². The molecule has 2 rings (SSSR count). The monoisotopic (exact) mass is 466 g/mol. The van der Waals surface area contributed by atoms with Crippen LogP contribution in [0.3, 0.4) is 0 Å². The predicted octanol–water partition coefficient (Wildman–Crippen LogP) is 4.63. The van der Waals surface area contributed by atoms with Gasteiger partial charge < -0.3 is 9.47 Å². The van der Waals surface area contributed by atoms with Crippen molar-refractivity contribution in [3.05, 3.63) is 57.2 Å². The first-order valence-electron chi connectivity index (χ1n) is 8.63. The third-order valence-corrected chi connectivity index (χ3v) is 4.35. The lowest BCUT2D eigenvalue weighted by molar-refractivity contribution is 0.0954. The molecule has 0 fully saturated rings. The van der Waals surface area contributed by atoms with E-state index in [1.54, 1.807) is 12.3 Å². The van der Waals surface area contributed by atoms with Gasteiger partial charge in [0.25, 0.3) is 5.91 Å². The summed E-state index contributed by atoms with van der Waals surface area (Å²) in [6.45, 7) is 5.37. The van der Waals surface area contributed by atoms with Crippen LogP contribution < -0.4 is 14.9 Å². The second-order valence-corrected chi connectivity index (χ2v) is 6.74. The summed E-state index contributed by atoms with van der Waals surface area (Å²) < 4.78 is 12.3. The summed E-state index contributed by atoms with van der Waals surface area (Å²) >= 11 is 2.13. The van der Waals surface area contributed by atoms with E-state index in [4.69, 9.17) is 9.47 Å². The molecule has 2 aromatic carbocycles. The van der Waals surface area contributed by atoms with E-state index in [0.717, 1.165) is 27.7 Å². The van der Waals surface area contributed by atoms with E-state index in [2.05, 4.69) is 40.0 Å². The number of halogens is 1. The van der Waals surface area contributed by atoms with E-state index >= 15 is 0 Å². The van der Waals surface area contributed by atoms with Crippen molar-refractivity contribution in [2.24, 2.45) is 5.10 Å². The van der Waals surface area contributed by atoms with Gasteiger partial charge >= 0.3 is 0 Å². The third kappa shape index (κ3) is 6.01. The molecule has 138 valence electrons. The fraction of sp³-hybridized carbons (Fsp3) is 0.300. The number of rotatable bonds is 9. The molecule has 0 saturated carbocycles. The zero-order valence-electron chi connectivity index (χ0n) is 15.0. The van der Waals surface area contributed by atoms with E-state index in [-0.39, 0.29) is 5.91 Å². The number of hydrazone groups is 1. The SMILES string of the molecule is CCCOc1ccc(C=NNC(=O)c2ccccc2I)c(OCCC)c1. The van der Waals surface area contributed by atoms with E-state index in [0.29, 0.717) is 24.5 Å². The topological polar surface area (TPSA) is 59.9 Å². The number of hydrogen-bond donors (Lipinski definition) is 1. The smallest absolute Gasteiger partial charge is 0.272 e. The van der Waals surface area contributed by atoms with Crippen LogP contribution in [-0.4, -0.2) is 25.3 Å². The highest BCUT2D eigenvalue weighted by atomic mass is 127. The minimum absolute atomic E-state index is 0.245. The normalized spacial score (nSPS) is 10.7. The fourth-order valence-electron chi connectivity index (χ4n) is 2.13. The van der Waals surface area contributed by atoms with Crippen LogP contribution in [0.4, 0.5) is 0 Å². The van der Waals surface area contributed by atoms with Crippen LogP contribution in [-0.2, 0) is 0 Å². The standard InChI is InChI=1S/C20H23IN2O3/c1-3-11-25-16-10-9-15(19(13-16)26-12-4-2)14-22-23-20(24)17-7-5-6-8-18(17)21/h5-10,13-14H,3-4,11-12H2,1-2H3,(H,23,24). The third-order valence-electron chi connectivity index (χ3n) is 3.41. The first kappa shape index (κ1) is 20.2. The first-order chi connectivity index (χ1) is 12.7. The summed E-state index contributed by atoms with van der Waals surface area (Å²) in [6.07, 6.45) is 3.43. The van der Waals surface area contributed by atoms with Crippen LogP contribution in [0.2, 0.25) is 0 Å². The molecule has 0 aliphatic heterocycles. The zero-order valence-corrected chi connectivity index (χ0v) is 17.2. The number of nitrogens with one attached hydrogen (secondary N) is 1. The lowest BCUT2D eigenvalue weighted by Gasteiger charge is -2.11. The Morgan fingerprint density at radius 1 is 1.12 bits per heavy atom. The molecule has 0 radical (unpaired) electrons. The van der Waals surface area contributed by atoms with Crippen molar-refractivity contribution in [1.29, 1.82) is 0 Å². The van der Waals surface area contributed by atoms with Crippen molar-refractivity contribution in [3.8, 4) is 11.5 Å². The average Bonchev–Trinajstić information content (AvgIpc) is 2.66. The quantitative estimate of drug-likeness (QED) is 0.333. The van der Waals surface area contributed by atoms with Crippen molar-refractivity contribution < 1.29 is 14.3 Å². The molecule has 0 spiro atoms. The van der Waals surface area contributed by atoms with E-state index in [9.17, 15) is 4.79 Å². The molecule has 5 nitrogen and oxygen atoms in total. The second-order valence-electron chi connectivity index (χ2n) is 5.58. The van der Waals surface area contributed by atoms with Crippen molar-refractivity contribution in [3.63, 3.8) is 0 Å². The Bertz CT molecular complexity index is 762. The van der Waals surface area contributed by atoms with Crippen molar-refractivity contribution >= 4 is 34.7 Å². The molecule has 0 aromatic heterocycles. The molecule has 0 aliphatic rings. The van der Waals surface area contributed by atoms with E-state index < -0.39 is 0 Å². The molecular weight excluding hydrogens is 443 g/mol. The van der Waals surface area contributed by atoms with Gasteiger partial charge in [0.15, 0.2) is 0 Å². The van der Waals surface area contributed by atoms with Crippen molar-refractivity contribution in [2.75, 3.05) is 13.2 Å². The Kier molecular flexibility index (Phi) is 8.40. The molecule has 0 unspecified atom stereocenters. The Hall–Kier alpha value is -2.09. The first-order valence-corrected chi connectivity index (χ1v) is 9.71. The van der Waals surface area contributed by atoms with Gasteiger partial charge in [0, 0.05) is 15.2 Å². The minimum Gasteiger partial charge on any atom is -0.493 e. The lowest BCUT2D eigenvalue weighted by Crippen LogP contribution is -2.18. The maximum Gasteiger partial charge on any atom is 0.272 e. The van der Waals surface area contributed by atoms with Gasteiger partial charge in [-0.1, -0.05) is 26.0 Å². The van der Waals surface area contributed by atoms with Crippen LogP contribution in [0, 0.1) is 3.57 Å². The van der Waals surface area contributed by atoms with Crippen LogP contribution >= 0.6 is 22.6 Å². The van der Waals surface area contributed by atoms with Crippen molar-refractivity contribution in [2.45, 2.75) is 26.7 Å². The maximum atomic E-state index is 12.2. The summed E-state index contributed by atoms with van der Waals surface area (Å²) in [5.74, 6) is 1.20. The number of carbonyl (C=O) groups excluding carboxylic acids is 1. The number of carbonyl (C=O) groups is 1. The van der Waals surface area contributed by atoms with Gasteiger partial charge in [0.2, 0.25) is 0 Å². The number of hydrogen-bond acceptors (Lipinski definition) is 4. The summed E-state index contributed by atoms with van der Waals surface area (Å²) in [5.41, 5.74) is 3.94. The number of nitrogens with zero attached hydrogens (tertiary/aromatic N) is 1.